The van der Waals surface area contributed by atoms with Crippen LogP contribution in [0.5, 0.6) is 5.75 Å². The predicted octanol–water partition coefficient (Wildman–Crippen LogP) is 2.73. The van der Waals surface area contributed by atoms with Gasteiger partial charge in [-0.25, -0.2) is 9.97 Å². The molecule has 7 nitrogen and oxygen atoms in total. The van der Waals surface area contributed by atoms with E-state index >= 15 is 0 Å². The Morgan fingerprint density at radius 2 is 2.00 bits per heavy atom. The van der Waals surface area contributed by atoms with Crippen molar-refractivity contribution in [3.05, 3.63) is 54.4 Å². The van der Waals surface area contributed by atoms with Crippen molar-refractivity contribution < 1.29 is 14.3 Å². The first-order chi connectivity index (χ1) is 13.2. The van der Waals surface area contributed by atoms with E-state index in [-0.39, 0.29) is 5.91 Å². The molecule has 1 N–H and O–H groups in total. The molecule has 1 saturated heterocycles. The molecule has 0 saturated carbocycles. The fourth-order valence-electron chi connectivity index (χ4n) is 3.12. The molecule has 3 aromatic rings. The molecule has 0 atom stereocenters. The Hall–Kier alpha value is -3.19. The zero-order valence-corrected chi connectivity index (χ0v) is 15.0. The molecule has 4 rings (SSSR count). The molecule has 138 valence electrons. The number of methoxy groups -OCH3 is 1. The highest BCUT2D eigenvalue weighted by Crippen LogP contribution is 2.26. The maximum absolute atomic E-state index is 12.5. The number of anilines is 2. The van der Waals surface area contributed by atoms with Gasteiger partial charge in [-0.2, -0.15) is 0 Å². The second-order valence-electron chi connectivity index (χ2n) is 6.21. The quantitative estimate of drug-likeness (QED) is 0.767. The van der Waals surface area contributed by atoms with Crippen LogP contribution in [0.15, 0.2) is 48.8 Å². The van der Waals surface area contributed by atoms with Crippen LogP contribution in [-0.2, 0) is 4.74 Å². The van der Waals surface area contributed by atoms with Gasteiger partial charge in [-0.1, -0.05) is 6.07 Å². The lowest BCUT2D eigenvalue weighted by Crippen LogP contribution is -2.36. The normalized spacial score (nSPS) is 14.2. The number of ether oxygens (including phenoxy) is 2. The van der Waals surface area contributed by atoms with Gasteiger partial charge < -0.3 is 19.7 Å². The van der Waals surface area contributed by atoms with Gasteiger partial charge in [0.2, 0.25) is 0 Å². The standard InChI is InChI=1S/C20H20N4O3/c1-26-16-4-2-3-14(11-16)20(25)23-15-5-6-17-18(12-15)21-13-22-19(17)24-7-9-27-10-8-24/h2-6,11-13H,7-10H2,1H3,(H,23,25). The summed E-state index contributed by atoms with van der Waals surface area (Å²) in [6.07, 6.45) is 1.56. The van der Waals surface area contributed by atoms with Gasteiger partial charge in [0.1, 0.15) is 17.9 Å². The summed E-state index contributed by atoms with van der Waals surface area (Å²) in [7, 11) is 1.58. The summed E-state index contributed by atoms with van der Waals surface area (Å²) in [5.41, 5.74) is 2.00. The number of fused-ring (bicyclic) bond motifs is 1. The first-order valence-electron chi connectivity index (χ1n) is 8.77. The summed E-state index contributed by atoms with van der Waals surface area (Å²) >= 11 is 0. The molecule has 1 aromatic heterocycles. The molecule has 0 aliphatic carbocycles. The number of hydrogen-bond donors (Lipinski definition) is 1. The van der Waals surface area contributed by atoms with Crippen molar-refractivity contribution in [1.82, 2.24) is 9.97 Å². The lowest BCUT2D eigenvalue weighted by atomic mass is 10.1. The zero-order chi connectivity index (χ0) is 18.6. The number of carbonyl (C=O) groups is 1. The van der Waals surface area contributed by atoms with Gasteiger partial charge >= 0.3 is 0 Å². The molecule has 7 heteroatoms. The van der Waals surface area contributed by atoms with Gasteiger partial charge in [0.05, 0.1) is 25.8 Å². The summed E-state index contributed by atoms with van der Waals surface area (Å²) in [6.45, 7) is 3.00. The maximum Gasteiger partial charge on any atom is 0.255 e. The Morgan fingerprint density at radius 1 is 1.15 bits per heavy atom. The Kier molecular flexibility index (Phi) is 4.84. The molecule has 0 unspecified atom stereocenters. The third-order valence-corrected chi connectivity index (χ3v) is 4.52. The number of rotatable bonds is 4. The largest absolute Gasteiger partial charge is 0.497 e. The van der Waals surface area contributed by atoms with Crippen LogP contribution < -0.4 is 15.0 Å². The third-order valence-electron chi connectivity index (χ3n) is 4.52. The van der Waals surface area contributed by atoms with E-state index in [9.17, 15) is 4.79 Å². The van der Waals surface area contributed by atoms with Crippen molar-refractivity contribution in [1.29, 1.82) is 0 Å². The molecular weight excluding hydrogens is 344 g/mol. The van der Waals surface area contributed by atoms with Crippen LogP contribution >= 0.6 is 0 Å². The van der Waals surface area contributed by atoms with Gasteiger partial charge in [-0.05, 0) is 36.4 Å². The lowest BCUT2D eigenvalue weighted by Gasteiger charge is -2.28. The van der Waals surface area contributed by atoms with E-state index in [0.717, 1.165) is 29.8 Å². The molecule has 27 heavy (non-hydrogen) atoms. The van der Waals surface area contributed by atoms with Gasteiger partial charge in [0.25, 0.3) is 5.91 Å². The summed E-state index contributed by atoms with van der Waals surface area (Å²) in [5, 5.41) is 3.87. The second kappa shape index (κ2) is 7.59. The third kappa shape index (κ3) is 3.68. The van der Waals surface area contributed by atoms with E-state index < -0.39 is 0 Å². The van der Waals surface area contributed by atoms with E-state index in [0.29, 0.717) is 30.2 Å². The highest BCUT2D eigenvalue weighted by molar-refractivity contribution is 6.05. The van der Waals surface area contributed by atoms with Crippen LogP contribution in [0.2, 0.25) is 0 Å². The van der Waals surface area contributed by atoms with Gasteiger partial charge in [-0.3, -0.25) is 4.79 Å². The number of aromatic nitrogens is 2. The van der Waals surface area contributed by atoms with Crippen LogP contribution in [0.4, 0.5) is 11.5 Å². The Balaban J connectivity index is 1.59. The smallest absolute Gasteiger partial charge is 0.255 e. The molecule has 1 fully saturated rings. The van der Waals surface area contributed by atoms with E-state index in [2.05, 4.69) is 20.2 Å². The van der Waals surface area contributed by atoms with Crippen molar-refractivity contribution in [2.24, 2.45) is 0 Å². The van der Waals surface area contributed by atoms with E-state index in [1.54, 1.807) is 37.7 Å². The summed E-state index contributed by atoms with van der Waals surface area (Å²) in [6, 6.07) is 12.7. The average molecular weight is 364 g/mol. The van der Waals surface area contributed by atoms with E-state index in [1.807, 2.05) is 18.2 Å². The van der Waals surface area contributed by atoms with Gasteiger partial charge in [-0.15, -0.1) is 0 Å². The lowest BCUT2D eigenvalue weighted by molar-refractivity contribution is 0.102. The van der Waals surface area contributed by atoms with Crippen LogP contribution in [-0.4, -0.2) is 49.3 Å². The van der Waals surface area contributed by atoms with Crippen molar-refractivity contribution in [3.63, 3.8) is 0 Å². The SMILES string of the molecule is COc1cccc(C(=O)Nc2ccc3c(N4CCOCC4)ncnc3c2)c1. The van der Waals surface area contributed by atoms with E-state index in [1.165, 1.54) is 0 Å². The minimum atomic E-state index is -0.198. The molecule has 1 amide bonds. The number of nitrogens with one attached hydrogen (secondary N) is 1. The molecule has 1 aliphatic heterocycles. The van der Waals surface area contributed by atoms with Crippen molar-refractivity contribution in [2.75, 3.05) is 43.6 Å². The van der Waals surface area contributed by atoms with Crippen molar-refractivity contribution >= 4 is 28.3 Å². The highest BCUT2D eigenvalue weighted by atomic mass is 16.5. The fourth-order valence-corrected chi connectivity index (χ4v) is 3.12. The molecular formula is C20H20N4O3. The summed E-state index contributed by atoms with van der Waals surface area (Å²) < 4.78 is 10.6. The van der Waals surface area contributed by atoms with Crippen LogP contribution in [0.25, 0.3) is 10.9 Å². The Bertz CT molecular complexity index is 970. The van der Waals surface area contributed by atoms with Crippen LogP contribution in [0, 0.1) is 0 Å². The first kappa shape index (κ1) is 17.2. The average Bonchev–Trinajstić information content (AvgIpc) is 2.73. The number of benzene rings is 2. The molecule has 1 aliphatic rings. The number of hydrogen-bond acceptors (Lipinski definition) is 6. The zero-order valence-electron chi connectivity index (χ0n) is 15.0. The van der Waals surface area contributed by atoms with E-state index in [4.69, 9.17) is 9.47 Å². The number of amides is 1. The number of morpholine rings is 1. The molecule has 2 aromatic carbocycles. The Morgan fingerprint density at radius 3 is 2.81 bits per heavy atom. The molecule has 0 bridgehead atoms. The van der Waals surface area contributed by atoms with Crippen LogP contribution in [0.1, 0.15) is 10.4 Å². The predicted molar refractivity (Wildman–Crippen MR) is 104 cm³/mol. The maximum atomic E-state index is 12.5. The molecule has 2 heterocycles. The highest BCUT2D eigenvalue weighted by Gasteiger charge is 2.16. The molecule has 0 spiro atoms. The van der Waals surface area contributed by atoms with Crippen molar-refractivity contribution in [3.8, 4) is 5.75 Å². The number of carbonyl (C=O) groups excluding carboxylic acids is 1. The molecule has 0 radical (unpaired) electrons. The summed E-state index contributed by atoms with van der Waals surface area (Å²) in [5.74, 6) is 1.34. The minimum Gasteiger partial charge on any atom is -0.497 e. The fraction of sp³-hybridized carbons (Fsp3) is 0.250. The topological polar surface area (TPSA) is 76.6 Å². The number of nitrogens with zero attached hydrogens (tertiary/aromatic N) is 3. The van der Waals surface area contributed by atoms with Gasteiger partial charge in [0.15, 0.2) is 0 Å². The van der Waals surface area contributed by atoms with Crippen LogP contribution in [0.3, 0.4) is 0 Å². The first-order valence-corrected chi connectivity index (χ1v) is 8.77. The minimum absolute atomic E-state index is 0.198. The Labute approximate surface area is 156 Å². The van der Waals surface area contributed by atoms with Gasteiger partial charge in [0, 0.05) is 29.7 Å². The monoisotopic (exact) mass is 364 g/mol. The summed E-state index contributed by atoms with van der Waals surface area (Å²) in [4.78, 5) is 23.5. The van der Waals surface area contributed by atoms with Crippen molar-refractivity contribution in [2.45, 2.75) is 0 Å². The second-order valence-corrected chi connectivity index (χ2v) is 6.21.